The molecule has 1 unspecified atom stereocenters. The van der Waals surface area contributed by atoms with Crippen LogP contribution >= 0.6 is 15.0 Å². The van der Waals surface area contributed by atoms with E-state index in [9.17, 15) is 29.4 Å². The van der Waals surface area contributed by atoms with Crippen LogP contribution < -0.4 is 10.3 Å². The van der Waals surface area contributed by atoms with Gasteiger partial charge in [-0.3, -0.25) is 13.9 Å². The van der Waals surface area contributed by atoms with E-state index >= 15 is 4.39 Å². The minimum Gasteiger partial charge on any atom is -0.474 e. The summed E-state index contributed by atoms with van der Waals surface area (Å²) < 4.78 is 80.2. The van der Waals surface area contributed by atoms with Crippen molar-refractivity contribution in [2.45, 2.75) is 134 Å². The molecule has 9 atom stereocenters. The molecule has 19 nitrogen and oxygen atoms in total. The molecule has 0 amide bonds. The first-order valence-corrected chi connectivity index (χ1v) is 28.0. The van der Waals surface area contributed by atoms with Gasteiger partial charge >= 0.3 is 32.1 Å². The van der Waals surface area contributed by atoms with Crippen molar-refractivity contribution in [1.82, 2.24) is 24.5 Å². The average Bonchev–Trinajstić information content (AvgIpc) is 3.85. The number of hydrogen-bond donors (Lipinski definition) is 4. The highest BCUT2D eigenvalue weighted by molar-refractivity contribution is 8.07. The van der Waals surface area contributed by atoms with E-state index in [1.54, 1.807) is 6.07 Å². The number of H-pyrrole nitrogens is 1. The van der Waals surface area contributed by atoms with Crippen LogP contribution in [0.4, 0.5) is 4.39 Å². The van der Waals surface area contributed by atoms with Gasteiger partial charge in [0.1, 0.15) is 36.1 Å². The average molecular weight is 951 g/mol. The van der Waals surface area contributed by atoms with Crippen molar-refractivity contribution in [3.8, 4) is 11.9 Å². The maximum absolute atomic E-state index is 15.6. The first kappa shape index (κ1) is 49.6. The number of nitriles is 1. The predicted molar refractivity (Wildman–Crippen MR) is 228 cm³/mol. The Morgan fingerprint density at radius 1 is 1.11 bits per heavy atom. The molecule has 4 heterocycles. The molecule has 2 aliphatic rings. The van der Waals surface area contributed by atoms with Crippen LogP contribution in [0.25, 0.3) is 11.0 Å². The molecular formula is C36H57FN6O13P2SSi2. The highest BCUT2D eigenvalue weighted by Crippen LogP contribution is 2.56. The molecule has 1 saturated heterocycles. The van der Waals surface area contributed by atoms with Crippen LogP contribution in [-0.4, -0.2) is 107 Å². The summed E-state index contributed by atoms with van der Waals surface area (Å²) in [6.07, 6.45) is -1.12. The van der Waals surface area contributed by atoms with E-state index in [0.717, 1.165) is 12.5 Å². The summed E-state index contributed by atoms with van der Waals surface area (Å²) in [5, 5.41) is 20.0. The molecule has 1 aliphatic carbocycles. The Labute approximate surface area is 361 Å². The van der Waals surface area contributed by atoms with Crippen molar-refractivity contribution in [1.29, 1.82) is 5.26 Å². The van der Waals surface area contributed by atoms with Gasteiger partial charge in [0.25, 0.3) is 5.56 Å². The normalized spacial score (nSPS) is 25.2. The second kappa shape index (κ2) is 21.1. The lowest BCUT2D eigenvalue weighted by atomic mass is 10.1. The molecule has 0 spiro atoms. The minimum atomic E-state index is -4.05. The fourth-order valence-corrected chi connectivity index (χ4v) is 20.5. The number of ether oxygens (including phenoxy) is 2. The minimum absolute atomic E-state index is 0.106. The third-order valence-electron chi connectivity index (χ3n) is 11.1. The Hall–Kier alpha value is -2.37. The van der Waals surface area contributed by atoms with Crippen molar-refractivity contribution >= 4 is 54.9 Å². The third kappa shape index (κ3) is 11.3. The van der Waals surface area contributed by atoms with Gasteiger partial charge in [-0.2, -0.15) is 5.26 Å². The number of rotatable bonds is 22. The Morgan fingerprint density at radius 3 is 2.41 bits per heavy atom. The molecule has 1 aliphatic heterocycles. The van der Waals surface area contributed by atoms with E-state index in [2.05, 4.69) is 19.9 Å². The predicted octanol–water partition coefficient (Wildman–Crippen LogP) is 5.64. The van der Waals surface area contributed by atoms with E-state index in [0.29, 0.717) is 5.88 Å². The smallest absolute Gasteiger partial charge is 0.335 e. The van der Waals surface area contributed by atoms with Crippen molar-refractivity contribution in [2.75, 3.05) is 19.8 Å². The van der Waals surface area contributed by atoms with Crippen LogP contribution in [0, 0.1) is 23.1 Å². The highest BCUT2D eigenvalue weighted by Gasteiger charge is 2.60. The molecule has 0 aromatic carbocycles. The van der Waals surface area contributed by atoms with Crippen molar-refractivity contribution < 1.29 is 59.9 Å². The zero-order valence-corrected chi connectivity index (χ0v) is 40.1. The Kier molecular flexibility index (Phi) is 17.2. The number of fused-ring (bicyclic) bond motifs is 1. The maximum Gasteiger partial charge on any atom is 0.335 e. The lowest BCUT2D eigenvalue weighted by Crippen LogP contribution is -2.62. The zero-order chi connectivity index (χ0) is 44.9. The van der Waals surface area contributed by atoms with Gasteiger partial charge in [-0.15, -0.1) is 0 Å². The second-order valence-electron chi connectivity index (χ2n) is 16.3. The van der Waals surface area contributed by atoms with Gasteiger partial charge in [0.15, 0.2) is 17.7 Å². The number of aromatic nitrogens is 5. The lowest BCUT2D eigenvalue weighted by Gasteiger charge is -2.47. The number of hydrogen-bond acceptors (Lipinski definition) is 17. The highest BCUT2D eigenvalue weighted by atomic mass is 32.5. The van der Waals surface area contributed by atoms with Crippen LogP contribution in [0.1, 0.15) is 80.9 Å². The second-order valence-corrected chi connectivity index (χ2v) is 28.7. The van der Waals surface area contributed by atoms with Crippen molar-refractivity contribution in [3.05, 3.63) is 47.3 Å². The molecule has 4 N–H and O–H groups in total. The van der Waals surface area contributed by atoms with Crippen molar-refractivity contribution in [2.24, 2.45) is 5.92 Å². The van der Waals surface area contributed by atoms with E-state index in [-0.39, 0.29) is 65.7 Å². The molecule has 3 aromatic rings. The van der Waals surface area contributed by atoms with E-state index in [1.165, 1.54) is 17.1 Å². The monoisotopic (exact) mass is 950 g/mol. The summed E-state index contributed by atoms with van der Waals surface area (Å²) in [6, 6.07) is 3.58. The molecular weight excluding hydrogens is 894 g/mol. The number of aromatic amines is 1. The fourth-order valence-electron chi connectivity index (χ4n) is 7.88. The summed E-state index contributed by atoms with van der Waals surface area (Å²) in [7, 11) is -10.6. The summed E-state index contributed by atoms with van der Waals surface area (Å²) >= 11 is 6.06. The summed E-state index contributed by atoms with van der Waals surface area (Å²) in [6.45, 7) is 10.2. The van der Waals surface area contributed by atoms with Crippen LogP contribution in [0.3, 0.4) is 0 Å². The summed E-state index contributed by atoms with van der Waals surface area (Å²) in [5.74, 6) is -1.19. The first-order chi connectivity index (χ1) is 28.8. The van der Waals surface area contributed by atoms with Crippen LogP contribution in [0.5, 0.6) is 5.88 Å². The van der Waals surface area contributed by atoms with E-state index < -0.39 is 92.7 Å². The number of nitrogens with one attached hydrogen (secondary N) is 1. The largest absolute Gasteiger partial charge is 0.474 e. The first-order valence-electron chi connectivity index (χ1n) is 20.2. The van der Waals surface area contributed by atoms with Gasteiger partial charge in [-0.1, -0.05) is 55.4 Å². The summed E-state index contributed by atoms with van der Waals surface area (Å²) in [5.41, 5.74) is -1.89. The van der Waals surface area contributed by atoms with Gasteiger partial charge in [0, 0.05) is 30.8 Å². The molecule has 0 bridgehead atoms. The van der Waals surface area contributed by atoms with Crippen LogP contribution in [-0.2, 0) is 47.7 Å². The molecule has 340 valence electrons. The fraction of sp³-hybridized carbons (Fsp3) is 0.694. The Balaban J connectivity index is 1.59. The lowest BCUT2D eigenvalue weighted by molar-refractivity contribution is -0.0508. The molecule has 1 saturated carbocycles. The molecule has 2 fully saturated rings. The third-order valence-corrected chi connectivity index (χ3v) is 23.7. The zero-order valence-electron chi connectivity index (χ0n) is 35.4. The molecule has 0 radical (unpaired) electrons. The Bertz CT molecular complexity index is 2090. The molecule has 3 aromatic heterocycles. The number of nitrogens with zero attached hydrogens (tertiary/aromatic N) is 5. The number of aliphatic hydroxyl groups is 1. The Morgan fingerprint density at radius 2 is 1.82 bits per heavy atom. The molecule has 25 heteroatoms. The van der Waals surface area contributed by atoms with Gasteiger partial charge in [0.2, 0.25) is 5.88 Å². The SMILES string of the molecule is CC(C)[Si](O)(O[Si](O[C@H]1[C@@H](O[P@@](=S)(OCCC#N)OC[C@H]2C[C@@H](Oc3ccncn3)C[C@@H]2O[PH](=O)O)[C@H](n2cc(F)c3c(=O)[nH]cnc32)O[C@@H]1CO)(C(C)C)C(C)C)C(C)C. The van der Waals surface area contributed by atoms with E-state index in [1.807, 2.05) is 61.5 Å². The maximum atomic E-state index is 15.6. The van der Waals surface area contributed by atoms with Crippen LogP contribution in [0.2, 0.25) is 22.2 Å². The van der Waals surface area contributed by atoms with Crippen molar-refractivity contribution in [3.63, 3.8) is 0 Å². The van der Waals surface area contributed by atoms with Gasteiger partial charge in [0.05, 0.1) is 44.7 Å². The standard InChI is InChI=1S/C36H57FN6O13P2SSi2/c1-21(2)60(48,22(3)4)56-61(23(5)6,24(7)8)55-32-29(17-44)52-36(43-16-27(37)31-34(43)41-20-42-35(31)45)33(32)54-58(59,49-13-9-11-38)50-18-25-14-26(15-28(25)53-57(46)47)51-30-10-12-39-19-40-30/h10,12,16,19-26,28-29,32-33,36,44,48,57H,9,13-15,17-18H2,1-8H3,(H,46,47)(H,41,42,45)/t25-,26-,28+,29-,32-,33-,36-,58-/m1/s1. The van der Waals surface area contributed by atoms with Crippen LogP contribution in [0.15, 0.2) is 35.9 Å². The van der Waals surface area contributed by atoms with Gasteiger partial charge in [-0.25, -0.2) is 19.3 Å². The van der Waals surface area contributed by atoms with Gasteiger partial charge in [-0.05, 0) is 40.4 Å². The van der Waals surface area contributed by atoms with Gasteiger partial charge < -0.3 is 55.9 Å². The topological polar surface area (TPSA) is 252 Å². The quantitative estimate of drug-likeness (QED) is 0.0540. The number of aliphatic hydroxyl groups excluding tert-OH is 1. The van der Waals surface area contributed by atoms with E-state index in [4.69, 9.17) is 47.9 Å². The molecule has 5 rings (SSSR count). The summed E-state index contributed by atoms with van der Waals surface area (Å²) in [4.78, 5) is 49.5. The molecule has 61 heavy (non-hydrogen) atoms. The number of halogens is 1.